The molecule has 1 aromatic carbocycles. The highest BCUT2D eigenvalue weighted by Crippen LogP contribution is 2.17. The summed E-state index contributed by atoms with van der Waals surface area (Å²) in [5, 5.41) is 4.85. The molecule has 160 valence electrons. The molecule has 2 rings (SSSR count). The molecule has 0 heterocycles. The van der Waals surface area contributed by atoms with Gasteiger partial charge in [0.25, 0.3) is 5.91 Å². The Labute approximate surface area is 170 Å². The van der Waals surface area contributed by atoms with Crippen LogP contribution in [0.25, 0.3) is 0 Å². The molecule has 1 aliphatic carbocycles. The lowest BCUT2D eigenvalue weighted by Crippen LogP contribution is -2.48. The molecule has 0 bridgehead atoms. The minimum Gasteiger partial charge on any atom is -0.452 e. The van der Waals surface area contributed by atoms with Crippen molar-refractivity contribution < 1.29 is 27.5 Å². The molecule has 1 aromatic rings. The van der Waals surface area contributed by atoms with E-state index < -0.39 is 40.6 Å². The van der Waals surface area contributed by atoms with Gasteiger partial charge in [0.05, 0.1) is 4.90 Å². The minimum atomic E-state index is -3.88. The first-order chi connectivity index (χ1) is 13.7. The van der Waals surface area contributed by atoms with Crippen LogP contribution in [0.2, 0.25) is 0 Å². The van der Waals surface area contributed by atoms with Crippen molar-refractivity contribution in [1.29, 1.82) is 0 Å². The van der Waals surface area contributed by atoms with Crippen LogP contribution >= 0.6 is 0 Å². The van der Waals surface area contributed by atoms with E-state index in [1.54, 1.807) is 12.1 Å². The summed E-state index contributed by atoms with van der Waals surface area (Å²) in [6.45, 7) is 2.49. The third kappa shape index (κ3) is 7.47. The highest BCUT2D eigenvalue weighted by molar-refractivity contribution is 7.89. The second kappa shape index (κ2) is 10.4. The molecule has 1 saturated carbocycles. The number of nitrogens with one attached hydrogen (secondary N) is 3. The predicted octanol–water partition coefficient (Wildman–Crippen LogP) is 1.36. The lowest BCUT2D eigenvalue weighted by Gasteiger charge is -2.23. The van der Waals surface area contributed by atoms with Gasteiger partial charge < -0.3 is 10.1 Å². The number of ether oxygens (including phenoxy) is 1. The van der Waals surface area contributed by atoms with Crippen molar-refractivity contribution in [2.75, 3.05) is 6.54 Å². The molecule has 0 aromatic heterocycles. The van der Waals surface area contributed by atoms with Crippen molar-refractivity contribution >= 4 is 27.9 Å². The third-order valence-corrected chi connectivity index (χ3v) is 6.01. The number of amides is 3. The van der Waals surface area contributed by atoms with Crippen molar-refractivity contribution in [1.82, 2.24) is 15.4 Å². The first-order valence-electron chi connectivity index (χ1n) is 9.54. The normalized spacial score (nSPS) is 15.9. The number of benzene rings is 1. The van der Waals surface area contributed by atoms with Gasteiger partial charge in [-0.2, -0.15) is 4.72 Å². The van der Waals surface area contributed by atoms with Gasteiger partial charge in [0.2, 0.25) is 10.0 Å². The van der Waals surface area contributed by atoms with Crippen molar-refractivity contribution in [3.8, 4) is 0 Å². The van der Waals surface area contributed by atoms with Gasteiger partial charge >= 0.3 is 12.0 Å². The Morgan fingerprint density at radius 1 is 1.10 bits per heavy atom. The summed E-state index contributed by atoms with van der Waals surface area (Å²) in [6.07, 6.45) is 3.69. The van der Waals surface area contributed by atoms with Gasteiger partial charge in [0, 0.05) is 6.04 Å². The lowest BCUT2D eigenvalue weighted by molar-refractivity contribution is -0.153. The monoisotopic (exact) mass is 425 g/mol. The largest absolute Gasteiger partial charge is 0.452 e. The maximum Gasteiger partial charge on any atom is 0.321 e. The van der Waals surface area contributed by atoms with Crippen LogP contribution in [0.5, 0.6) is 0 Å². The average molecular weight is 426 g/mol. The number of sulfonamides is 1. The Hall–Kier alpha value is -2.46. The molecule has 0 aliphatic heterocycles. The van der Waals surface area contributed by atoms with Gasteiger partial charge in [0.15, 0.2) is 6.10 Å². The number of imide groups is 1. The number of esters is 1. The van der Waals surface area contributed by atoms with Crippen LogP contribution in [0.15, 0.2) is 29.2 Å². The quantitative estimate of drug-likeness (QED) is 0.566. The van der Waals surface area contributed by atoms with Crippen LogP contribution < -0.4 is 15.4 Å². The standard InChI is InChI=1S/C19H27N3O6S/c1-13-8-10-16(11-9-13)29(26,27)20-12-17(23)28-14(2)18(24)22-19(25)21-15-6-4-3-5-7-15/h8-11,14-15,20H,3-7,12H2,1-2H3,(H2,21,22,24,25). The first kappa shape index (κ1) is 22.8. The Morgan fingerprint density at radius 2 is 1.72 bits per heavy atom. The number of hydrogen-bond donors (Lipinski definition) is 3. The number of carbonyl (C=O) groups excluding carboxylic acids is 3. The fourth-order valence-corrected chi connectivity index (χ4v) is 3.90. The van der Waals surface area contributed by atoms with Crippen molar-refractivity contribution in [2.24, 2.45) is 0 Å². The molecule has 3 amide bonds. The number of hydrogen-bond acceptors (Lipinski definition) is 6. The molecule has 10 heteroatoms. The molecular formula is C19H27N3O6S. The van der Waals surface area contributed by atoms with E-state index in [1.165, 1.54) is 19.1 Å². The highest BCUT2D eigenvalue weighted by Gasteiger charge is 2.23. The van der Waals surface area contributed by atoms with E-state index in [4.69, 9.17) is 4.74 Å². The van der Waals surface area contributed by atoms with Crippen LogP contribution in [0.3, 0.4) is 0 Å². The van der Waals surface area contributed by atoms with Crippen LogP contribution in [0, 0.1) is 6.92 Å². The average Bonchev–Trinajstić information content (AvgIpc) is 2.67. The van der Waals surface area contributed by atoms with Crippen LogP contribution in [0.1, 0.15) is 44.6 Å². The van der Waals surface area contributed by atoms with Gasteiger partial charge in [-0.25, -0.2) is 13.2 Å². The van der Waals surface area contributed by atoms with E-state index >= 15 is 0 Å². The van der Waals surface area contributed by atoms with Gasteiger partial charge in [-0.1, -0.05) is 37.0 Å². The zero-order chi connectivity index (χ0) is 21.4. The number of rotatable bonds is 7. The summed E-state index contributed by atoms with van der Waals surface area (Å²) in [5.74, 6) is -1.72. The summed E-state index contributed by atoms with van der Waals surface area (Å²) >= 11 is 0. The number of carbonyl (C=O) groups is 3. The second-order valence-corrected chi connectivity index (χ2v) is 8.83. The third-order valence-electron chi connectivity index (χ3n) is 4.59. The smallest absolute Gasteiger partial charge is 0.321 e. The summed E-state index contributed by atoms with van der Waals surface area (Å²) in [5.41, 5.74) is 0.899. The molecule has 1 fully saturated rings. The molecule has 1 unspecified atom stereocenters. The lowest BCUT2D eigenvalue weighted by atomic mass is 9.96. The fourth-order valence-electron chi connectivity index (χ4n) is 2.93. The topological polar surface area (TPSA) is 131 Å². The summed E-state index contributed by atoms with van der Waals surface area (Å²) in [4.78, 5) is 35.7. The Balaban J connectivity index is 1.76. The van der Waals surface area contributed by atoms with E-state index in [-0.39, 0.29) is 10.9 Å². The zero-order valence-corrected chi connectivity index (χ0v) is 17.4. The van der Waals surface area contributed by atoms with Crippen LogP contribution in [-0.2, 0) is 24.3 Å². The van der Waals surface area contributed by atoms with Gasteiger partial charge in [-0.15, -0.1) is 0 Å². The SMILES string of the molecule is Cc1ccc(S(=O)(=O)NCC(=O)OC(C)C(=O)NC(=O)NC2CCCCC2)cc1. The Morgan fingerprint density at radius 3 is 2.34 bits per heavy atom. The van der Waals surface area contributed by atoms with Gasteiger partial charge in [-0.3, -0.25) is 14.9 Å². The van der Waals surface area contributed by atoms with Crippen LogP contribution in [-0.4, -0.2) is 45.0 Å². The van der Waals surface area contributed by atoms with E-state index in [0.29, 0.717) is 0 Å². The summed E-state index contributed by atoms with van der Waals surface area (Å²) < 4.78 is 31.3. The molecule has 9 nitrogen and oxygen atoms in total. The maximum atomic E-state index is 12.2. The first-order valence-corrected chi connectivity index (χ1v) is 11.0. The van der Waals surface area contributed by atoms with Crippen molar-refractivity contribution in [2.45, 2.75) is 63.0 Å². The van der Waals surface area contributed by atoms with Crippen LogP contribution in [0.4, 0.5) is 4.79 Å². The number of urea groups is 1. The maximum absolute atomic E-state index is 12.2. The fraction of sp³-hybridized carbons (Fsp3) is 0.526. The predicted molar refractivity (Wildman–Crippen MR) is 105 cm³/mol. The molecule has 0 spiro atoms. The van der Waals surface area contributed by atoms with Gasteiger partial charge in [-0.05, 0) is 38.8 Å². The van der Waals surface area contributed by atoms with E-state index in [9.17, 15) is 22.8 Å². The molecule has 0 saturated heterocycles. The summed E-state index contributed by atoms with van der Waals surface area (Å²) in [6, 6.07) is 5.51. The molecule has 29 heavy (non-hydrogen) atoms. The number of aryl methyl sites for hydroxylation is 1. The van der Waals surface area contributed by atoms with E-state index in [2.05, 4.69) is 15.4 Å². The highest BCUT2D eigenvalue weighted by atomic mass is 32.2. The molecule has 1 aliphatic rings. The van der Waals surface area contributed by atoms with Crippen molar-refractivity contribution in [3.63, 3.8) is 0 Å². The zero-order valence-electron chi connectivity index (χ0n) is 16.6. The van der Waals surface area contributed by atoms with E-state index in [0.717, 1.165) is 37.7 Å². The molecular weight excluding hydrogens is 398 g/mol. The summed E-state index contributed by atoms with van der Waals surface area (Å²) in [7, 11) is -3.88. The molecule has 3 N–H and O–H groups in total. The Kier molecular flexibility index (Phi) is 8.15. The molecule has 1 atom stereocenters. The Bertz CT molecular complexity index is 832. The van der Waals surface area contributed by atoms with Crippen molar-refractivity contribution in [3.05, 3.63) is 29.8 Å². The van der Waals surface area contributed by atoms with E-state index in [1.807, 2.05) is 6.92 Å². The van der Waals surface area contributed by atoms with Gasteiger partial charge in [0.1, 0.15) is 6.54 Å². The minimum absolute atomic E-state index is 0.0149. The second-order valence-electron chi connectivity index (χ2n) is 7.07. The molecule has 0 radical (unpaired) electrons.